The number of alkyl halides is 1. The third kappa shape index (κ3) is 3.16. The first-order chi connectivity index (χ1) is 7.99. The number of hydrogen-bond donors (Lipinski definition) is 0. The van der Waals surface area contributed by atoms with Crippen molar-refractivity contribution >= 4 is 70.7 Å². The zero-order valence-corrected chi connectivity index (χ0v) is 15.1. The summed E-state index contributed by atoms with van der Waals surface area (Å²) in [6, 6.07) is 8.34. The van der Waals surface area contributed by atoms with E-state index in [1.807, 2.05) is 6.07 Å². The normalized spacial score (nSPS) is 12.8. The molecule has 2 aromatic rings. The van der Waals surface area contributed by atoms with Crippen molar-refractivity contribution in [2.24, 2.45) is 0 Å². The lowest BCUT2D eigenvalue weighted by molar-refractivity contribution is 1.20. The minimum Gasteiger partial charge on any atom is -0.130 e. The van der Waals surface area contributed by atoms with E-state index in [1.54, 1.807) is 11.3 Å². The Morgan fingerprint density at radius 3 is 2.47 bits per heavy atom. The lowest BCUT2D eigenvalue weighted by atomic mass is 10.1. The van der Waals surface area contributed by atoms with Gasteiger partial charge in [0.2, 0.25) is 0 Å². The van der Waals surface area contributed by atoms with Crippen molar-refractivity contribution in [2.45, 2.75) is 11.8 Å². The van der Waals surface area contributed by atoms with Crippen LogP contribution < -0.4 is 0 Å². The Kier molecular flexibility index (Phi) is 4.75. The highest BCUT2D eigenvalue weighted by molar-refractivity contribution is 9.11. The van der Waals surface area contributed by atoms with Crippen LogP contribution in [0.25, 0.3) is 0 Å². The van der Waals surface area contributed by atoms with Crippen LogP contribution in [0.3, 0.4) is 0 Å². The number of halogens is 4. The Morgan fingerprint density at radius 2 is 1.94 bits per heavy atom. The van der Waals surface area contributed by atoms with Crippen molar-refractivity contribution < 1.29 is 0 Å². The van der Waals surface area contributed by atoms with E-state index in [-0.39, 0.29) is 4.83 Å². The number of thiophene rings is 1. The molecule has 1 atom stereocenters. The lowest BCUT2D eigenvalue weighted by Crippen LogP contribution is -1.91. The van der Waals surface area contributed by atoms with E-state index in [0.29, 0.717) is 0 Å². The molecule has 0 saturated carbocycles. The molecule has 0 aliphatic heterocycles. The Labute approximate surface area is 135 Å². The monoisotopic (exact) mass is 456 g/mol. The molecule has 1 heterocycles. The number of rotatable bonds is 2. The van der Waals surface area contributed by atoms with Crippen LogP contribution in [0.2, 0.25) is 5.02 Å². The summed E-state index contributed by atoms with van der Waals surface area (Å²) < 4.78 is 2.09. The second-order valence-corrected chi connectivity index (χ2v) is 8.24. The van der Waals surface area contributed by atoms with E-state index in [0.717, 1.165) is 13.3 Å². The summed E-state index contributed by atoms with van der Waals surface area (Å²) in [4.78, 5) is 1.35. The SMILES string of the molecule is Cc1ccc(C(Br)c2cc(Cl)c(Br)s2)c(Br)c1. The second kappa shape index (κ2) is 5.74. The van der Waals surface area contributed by atoms with Gasteiger partial charge >= 0.3 is 0 Å². The molecule has 90 valence electrons. The van der Waals surface area contributed by atoms with Crippen LogP contribution in [0.15, 0.2) is 32.5 Å². The van der Waals surface area contributed by atoms with Gasteiger partial charge in [-0.3, -0.25) is 0 Å². The van der Waals surface area contributed by atoms with Crippen molar-refractivity contribution in [1.82, 2.24) is 0 Å². The molecular weight excluding hydrogens is 451 g/mol. The summed E-state index contributed by atoms with van der Waals surface area (Å²) in [6.07, 6.45) is 0. The number of aryl methyl sites for hydroxylation is 1. The van der Waals surface area contributed by atoms with Gasteiger partial charge in [-0.1, -0.05) is 55.6 Å². The molecule has 2 rings (SSSR count). The van der Waals surface area contributed by atoms with Crippen LogP contribution in [0.4, 0.5) is 0 Å². The lowest BCUT2D eigenvalue weighted by Gasteiger charge is -2.11. The predicted octanol–water partition coefficient (Wildman–Crippen LogP) is 6.72. The molecule has 0 aliphatic carbocycles. The molecule has 1 aromatic carbocycles. The molecule has 0 radical (unpaired) electrons. The first kappa shape index (κ1) is 14.1. The van der Waals surface area contributed by atoms with Gasteiger partial charge in [0.15, 0.2) is 0 Å². The first-order valence-electron chi connectivity index (χ1n) is 4.84. The zero-order valence-electron chi connectivity index (χ0n) is 8.81. The Morgan fingerprint density at radius 1 is 1.24 bits per heavy atom. The van der Waals surface area contributed by atoms with Gasteiger partial charge in [0.05, 0.1) is 13.6 Å². The number of benzene rings is 1. The fourth-order valence-corrected chi connectivity index (χ4v) is 5.06. The van der Waals surface area contributed by atoms with Crippen molar-refractivity contribution in [2.75, 3.05) is 0 Å². The summed E-state index contributed by atoms with van der Waals surface area (Å²) in [7, 11) is 0. The van der Waals surface area contributed by atoms with Crippen molar-refractivity contribution in [1.29, 1.82) is 0 Å². The van der Waals surface area contributed by atoms with Gasteiger partial charge in [0.25, 0.3) is 0 Å². The van der Waals surface area contributed by atoms with E-state index in [2.05, 4.69) is 72.9 Å². The first-order valence-corrected chi connectivity index (χ1v) is 8.53. The van der Waals surface area contributed by atoms with Gasteiger partial charge < -0.3 is 0 Å². The minimum atomic E-state index is 0.159. The zero-order chi connectivity index (χ0) is 12.6. The summed E-state index contributed by atoms with van der Waals surface area (Å²) >= 11 is 18.5. The van der Waals surface area contributed by atoms with Crippen LogP contribution in [0.5, 0.6) is 0 Å². The third-order valence-corrected chi connectivity index (χ3v) is 6.86. The van der Waals surface area contributed by atoms with Gasteiger partial charge in [-0.15, -0.1) is 11.3 Å². The van der Waals surface area contributed by atoms with Gasteiger partial charge in [0.1, 0.15) is 0 Å². The highest BCUT2D eigenvalue weighted by Gasteiger charge is 2.17. The molecule has 0 nitrogen and oxygen atoms in total. The Bertz CT molecular complexity index is 531. The second-order valence-electron chi connectivity index (χ2n) is 3.66. The topological polar surface area (TPSA) is 0 Å². The molecule has 1 unspecified atom stereocenters. The average molecular weight is 459 g/mol. The van der Waals surface area contributed by atoms with Crippen molar-refractivity contribution in [3.63, 3.8) is 0 Å². The van der Waals surface area contributed by atoms with E-state index in [9.17, 15) is 0 Å². The maximum Gasteiger partial charge on any atom is 0.0887 e. The van der Waals surface area contributed by atoms with Crippen LogP contribution in [0, 0.1) is 6.92 Å². The molecule has 0 spiro atoms. The molecule has 5 heteroatoms. The molecule has 0 aliphatic rings. The number of hydrogen-bond acceptors (Lipinski definition) is 1. The molecule has 0 bridgehead atoms. The highest BCUT2D eigenvalue weighted by atomic mass is 79.9. The smallest absolute Gasteiger partial charge is 0.0887 e. The molecule has 1 aromatic heterocycles. The highest BCUT2D eigenvalue weighted by Crippen LogP contribution is 2.43. The van der Waals surface area contributed by atoms with Gasteiger partial charge in [-0.25, -0.2) is 0 Å². The maximum absolute atomic E-state index is 6.06. The quantitative estimate of drug-likeness (QED) is 0.438. The van der Waals surface area contributed by atoms with Crippen molar-refractivity contribution in [3.8, 4) is 0 Å². The summed E-state index contributed by atoms with van der Waals surface area (Å²) in [5.41, 5.74) is 2.45. The van der Waals surface area contributed by atoms with E-state index < -0.39 is 0 Å². The molecule has 0 fully saturated rings. The van der Waals surface area contributed by atoms with Gasteiger partial charge in [-0.2, -0.15) is 0 Å². The standard InChI is InChI=1S/C12H8Br3ClS/c1-6-2-3-7(8(13)4-6)11(14)10-5-9(16)12(15)17-10/h2-5,11H,1H3. The fourth-order valence-electron chi connectivity index (χ4n) is 1.48. The van der Waals surface area contributed by atoms with Crippen molar-refractivity contribution in [3.05, 3.63) is 53.6 Å². The fraction of sp³-hybridized carbons (Fsp3) is 0.167. The largest absolute Gasteiger partial charge is 0.130 e. The minimum absolute atomic E-state index is 0.159. The summed E-state index contributed by atoms with van der Waals surface area (Å²) in [5.74, 6) is 0. The molecular formula is C12H8Br3ClS. The molecule has 0 N–H and O–H groups in total. The third-order valence-electron chi connectivity index (χ3n) is 2.34. The maximum atomic E-state index is 6.06. The van der Waals surface area contributed by atoms with Crippen LogP contribution in [-0.4, -0.2) is 0 Å². The van der Waals surface area contributed by atoms with E-state index >= 15 is 0 Å². The summed E-state index contributed by atoms with van der Waals surface area (Å²) in [6.45, 7) is 2.08. The Hall–Kier alpha value is 0.650. The van der Waals surface area contributed by atoms with Crippen LogP contribution in [0.1, 0.15) is 20.8 Å². The average Bonchev–Trinajstić information content (AvgIpc) is 2.58. The van der Waals surface area contributed by atoms with Gasteiger partial charge in [-0.05, 0) is 46.1 Å². The molecule has 17 heavy (non-hydrogen) atoms. The van der Waals surface area contributed by atoms with Crippen LogP contribution in [-0.2, 0) is 0 Å². The van der Waals surface area contributed by atoms with Crippen LogP contribution >= 0.6 is 70.7 Å². The predicted molar refractivity (Wildman–Crippen MR) is 86.7 cm³/mol. The molecule has 0 amide bonds. The van der Waals surface area contributed by atoms with Gasteiger partial charge in [0, 0.05) is 9.35 Å². The molecule has 0 saturated heterocycles. The summed E-state index contributed by atoms with van der Waals surface area (Å²) in [5, 5.41) is 0.762. The Balaban J connectivity index is 2.39. The van der Waals surface area contributed by atoms with E-state index in [4.69, 9.17) is 11.6 Å². The van der Waals surface area contributed by atoms with E-state index in [1.165, 1.54) is 16.0 Å².